The van der Waals surface area contributed by atoms with E-state index in [9.17, 15) is 0 Å². The minimum absolute atomic E-state index is 0. The first kappa shape index (κ1) is 20.5. The van der Waals surface area contributed by atoms with E-state index in [0.29, 0.717) is 6.04 Å². The van der Waals surface area contributed by atoms with Crippen LogP contribution in [-0.2, 0) is 6.54 Å². The van der Waals surface area contributed by atoms with Gasteiger partial charge in [0, 0.05) is 18.2 Å². The van der Waals surface area contributed by atoms with Gasteiger partial charge in [-0.1, -0.05) is 74.7 Å². The predicted molar refractivity (Wildman–Crippen MR) is 105 cm³/mol. The van der Waals surface area contributed by atoms with Gasteiger partial charge in [0.05, 0.1) is 6.61 Å². The second-order valence-electron chi connectivity index (χ2n) is 6.03. The summed E-state index contributed by atoms with van der Waals surface area (Å²) < 4.78 is 5.98. The van der Waals surface area contributed by atoms with Crippen molar-refractivity contribution in [3.8, 4) is 5.75 Å². The first-order valence-electron chi connectivity index (χ1n) is 8.80. The maximum atomic E-state index is 5.98. The van der Waals surface area contributed by atoms with Gasteiger partial charge in [-0.3, -0.25) is 0 Å². The summed E-state index contributed by atoms with van der Waals surface area (Å²) in [7, 11) is 0. The van der Waals surface area contributed by atoms with Crippen molar-refractivity contribution in [2.75, 3.05) is 6.61 Å². The van der Waals surface area contributed by atoms with Crippen LogP contribution in [0.3, 0.4) is 0 Å². The molecule has 0 saturated heterocycles. The van der Waals surface area contributed by atoms with E-state index in [4.69, 9.17) is 4.74 Å². The van der Waals surface area contributed by atoms with Crippen LogP contribution in [0.15, 0.2) is 54.6 Å². The van der Waals surface area contributed by atoms with Crippen molar-refractivity contribution in [1.29, 1.82) is 0 Å². The summed E-state index contributed by atoms with van der Waals surface area (Å²) in [5, 5.41) is 3.59. The summed E-state index contributed by atoms with van der Waals surface area (Å²) in [6.07, 6.45) is 4.94. The number of unbranched alkanes of at least 4 members (excludes halogenated alkanes) is 3. The van der Waals surface area contributed by atoms with Crippen molar-refractivity contribution in [1.82, 2.24) is 5.32 Å². The monoisotopic (exact) mass is 347 g/mol. The molecule has 0 fully saturated rings. The quantitative estimate of drug-likeness (QED) is 0.539. The van der Waals surface area contributed by atoms with Gasteiger partial charge in [-0.25, -0.2) is 0 Å². The predicted octanol–water partition coefficient (Wildman–Crippen LogP) is 5.92. The number of nitrogens with one attached hydrogen (secondary N) is 1. The van der Waals surface area contributed by atoms with Gasteiger partial charge in [0.2, 0.25) is 0 Å². The molecule has 2 nitrogen and oxygen atoms in total. The smallest absolute Gasteiger partial charge is 0.123 e. The van der Waals surface area contributed by atoms with Crippen LogP contribution in [0, 0.1) is 0 Å². The number of hydrogen-bond donors (Lipinski definition) is 1. The number of halogens is 1. The van der Waals surface area contributed by atoms with Gasteiger partial charge < -0.3 is 10.1 Å². The van der Waals surface area contributed by atoms with Gasteiger partial charge in [0.1, 0.15) is 5.75 Å². The van der Waals surface area contributed by atoms with E-state index < -0.39 is 0 Å². The fourth-order valence-electron chi connectivity index (χ4n) is 2.62. The summed E-state index contributed by atoms with van der Waals surface area (Å²) in [5.41, 5.74) is 2.54. The zero-order valence-corrected chi connectivity index (χ0v) is 15.6. The Morgan fingerprint density at radius 1 is 0.917 bits per heavy atom. The molecular weight excluding hydrogens is 318 g/mol. The first-order chi connectivity index (χ1) is 11.3. The molecule has 0 bridgehead atoms. The summed E-state index contributed by atoms with van der Waals surface area (Å²) in [4.78, 5) is 0. The van der Waals surface area contributed by atoms with Crippen molar-refractivity contribution in [2.24, 2.45) is 0 Å². The van der Waals surface area contributed by atoms with E-state index in [1.165, 1.54) is 30.4 Å². The van der Waals surface area contributed by atoms with E-state index in [-0.39, 0.29) is 12.4 Å². The van der Waals surface area contributed by atoms with Crippen LogP contribution in [0.1, 0.15) is 56.7 Å². The van der Waals surface area contributed by atoms with Crippen LogP contribution >= 0.6 is 12.4 Å². The van der Waals surface area contributed by atoms with Crippen LogP contribution in [0.2, 0.25) is 0 Å². The van der Waals surface area contributed by atoms with Crippen molar-refractivity contribution >= 4 is 12.4 Å². The minimum Gasteiger partial charge on any atom is -0.493 e. The normalized spacial score (nSPS) is 11.6. The highest BCUT2D eigenvalue weighted by Crippen LogP contribution is 2.20. The van der Waals surface area contributed by atoms with Gasteiger partial charge in [0.25, 0.3) is 0 Å². The maximum Gasteiger partial charge on any atom is 0.123 e. The van der Waals surface area contributed by atoms with E-state index in [0.717, 1.165) is 25.3 Å². The minimum atomic E-state index is 0. The molecule has 132 valence electrons. The standard InChI is InChI=1S/C21H29NO.ClH/c1-3-4-5-11-16-23-21-15-10-9-14-20(21)17-22-18(2)19-12-7-6-8-13-19;/h6-10,12-15,18,22H,3-5,11,16-17H2,1-2H3;1H. The first-order valence-corrected chi connectivity index (χ1v) is 8.80. The Morgan fingerprint density at radius 2 is 1.62 bits per heavy atom. The molecule has 2 rings (SSSR count). The van der Waals surface area contributed by atoms with Crippen molar-refractivity contribution in [3.05, 3.63) is 65.7 Å². The number of rotatable bonds is 10. The van der Waals surface area contributed by atoms with Gasteiger partial charge >= 0.3 is 0 Å². The van der Waals surface area contributed by atoms with Crippen LogP contribution in [0.25, 0.3) is 0 Å². The zero-order valence-electron chi connectivity index (χ0n) is 14.8. The SMILES string of the molecule is CCCCCCOc1ccccc1CNC(C)c1ccccc1.Cl. The average molecular weight is 348 g/mol. The summed E-state index contributed by atoms with van der Waals surface area (Å²) >= 11 is 0. The molecule has 3 heteroatoms. The lowest BCUT2D eigenvalue weighted by atomic mass is 10.1. The molecular formula is C21H30ClNO. The molecule has 0 heterocycles. The summed E-state index contributed by atoms with van der Waals surface area (Å²) in [6.45, 7) is 6.06. The third-order valence-corrected chi connectivity index (χ3v) is 4.13. The lowest BCUT2D eigenvalue weighted by Gasteiger charge is -2.16. The molecule has 2 aromatic rings. The van der Waals surface area contributed by atoms with Crippen LogP contribution in [0.4, 0.5) is 0 Å². The molecule has 0 aliphatic carbocycles. The fraction of sp³-hybridized carbons (Fsp3) is 0.429. The molecule has 0 aliphatic rings. The van der Waals surface area contributed by atoms with Gasteiger partial charge in [-0.2, -0.15) is 0 Å². The van der Waals surface area contributed by atoms with Gasteiger partial charge in [-0.05, 0) is 25.0 Å². The lowest BCUT2D eigenvalue weighted by molar-refractivity contribution is 0.301. The molecule has 0 amide bonds. The molecule has 2 aromatic carbocycles. The molecule has 0 aliphatic heterocycles. The Kier molecular flexibility index (Phi) is 10.2. The average Bonchev–Trinajstić information content (AvgIpc) is 2.61. The topological polar surface area (TPSA) is 21.3 Å². The Bertz CT molecular complexity index is 559. The Labute approximate surface area is 153 Å². The van der Waals surface area contributed by atoms with Crippen LogP contribution in [0.5, 0.6) is 5.75 Å². The van der Waals surface area contributed by atoms with E-state index in [1.54, 1.807) is 0 Å². The number of ether oxygens (including phenoxy) is 1. The Balaban J connectivity index is 0.00000288. The molecule has 0 radical (unpaired) electrons. The van der Waals surface area contributed by atoms with Gasteiger partial charge in [-0.15, -0.1) is 12.4 Å². The second-order valence-corrected chi connectivity index (χ2v) is 6.03. The largest absolute Gasteiger partial charge is 0.493 e. The highest BCUT2D eigenvalue weighted by molar-refractivity contribution is 5.85. The molecule has 1 atom stereocenters. The molecule has 0 spiro atoms. The highest BCUT2D eigenvalue weighted by atomic mass is 35.5. The van der Waals surface area contributed by atoms with Crippen LogP contribution in [-0.4, -0.2) is 6.61 Å². The van der Waals surface area contributed by atoms with E-state index in [2.05, 4.69) is 67.7 Å². The van der Waals surface area contributed by atoms with Gasteiger partial charge in [0.15, 0.2) is 0 Å². The van der Waals surface area contributed by atoms with Crippen molar-refractivity contribution < 1.29 is 4.74 Å². The summed E-state index contributed by atoms with van der Waals surface area (Å²) in [6, 6.07) is 19.2. The van der Waals surface area contributed by atoms with E-state index >= 15 is 0 Å². The lowest BCUT2D eigenvalue weighted by Crippen LogP contribution is -2.18. The van der Waals surface area contributed by atoms with Crippen molar-refractivity contribution in [3.63, 3.8) is 0 Å². The van der Waals surface area contributed by atoms with Crippen LogP contribution < -0.4 is 10.1 Å². The highest BCUT2D eigenvalue weighted by Gasteiger charge is 2.07. The molecule has 1 unspecified atom stereocenters. The zero-order chi connectivity index (χ0) is 16.3. The number of para-hydroxylation sites is 1. The van der Waals surface area contributed by atoms with Crippen molar-refractivity contribution in [2.45, 2.75) is 52.1 Å². The number of benzene rings is 2. The Hall–Kier alpha value is -1.51. The fourth-order valence-corrected chi connectivity index (χ4v) is 2.62. The molecule has 0 saturated carbocycles. The molecule has 0 aromatic heterocycles. The molecule has 1 N–H and O–H groups in total. The second kappa shape index (κ2) is 11.9. The molecule has 24 heavy (non-hydrogen) atoms. The summed E-state index contributed by atoms with van der Waals surface area (Å²) in [5.74, 6) is 1.01. The maximum absolute atomic E-state index is 5.98. The number of hydrogen-bond acceptors (Lipinski definition) is 2. The third-order valence-electron chi connectivity index (χ3n) is 4.13. The third kappa shape index (κ3) is 6.94. The van der Waals surface area contributed by atoms with E-state index in [1.807, 2.05) is 6.07 Å². The Morgan fingerprint density at radius 3 is 2.38 bits per heavy atom.